The molecule has 3 atom stereocenters. The van der Waals surface area contributed by atoms with E-state index in [9.17, 15) is 9.59 Å². The smallest absolute Gasteiger partial charge is 0.237 e. The molecule has 0 unspecified atom stereocenters. The van der Waals surface area contributed by atoms with Gasteiger partial charge in [0.15, 0.2) is 0 Å². The van der Waals surface area contributed by atoms with E-state index in [2.05, 4.69) is 6.92 Å². The van der Waals surface area contributed by atoms with E-state index in [1.165, 1.54) is 4.90 Å². The number of hydrogen-bond donors (Lipinski definition) is 0. The monoisotopic (exact) mass is 311 g/mol. The van der Waals surface area contributed by atoms with Crippen molar-refractivity contribution < 1.29 is 9.59 Å². The van der Waals surface area contributed by atoms with Crippen LogP contribution in [0.2, 0.25) is 10.0 Å². The normalized spacial score (nSPS) is 29.8. The minimum absolute atomic E-state index is 0.129. The minimum Gasteiger partial charge on any atom is -0.274 e. The van der Waals surface area contributed by atoms with Crippen LogP contribution in [0.15, 0.2) is 18.2 Å². The van der Waals surface area contributed by atoms with E-state index in [4.69, 9.17) is 23.2 Å². The number of carbonyl (C=O) groups excluding carboxylic acids is 2. The van der Waals surface area contributed by atoms with Crippen LogP contribution < -0.4 is 4.90 Å². The summed E-state index contributed by atoms with van der Waals surface area (Å²) in [5.41, 5.74) is 0.413. The molecule has 2 aliphatic rings. The molecule has 20 heavy (non-hydrogen) atoms. The van der Waals surface area contributed by atoms with Crippen molar-refractivity contribution in [2.45, 2.75) is 26.2 Å². The van der Waals surface area contributed by atoms with E-state index in [1.807, 2.05) is 0 Å². The lowest BCUT2D eigenvalue weighted by Crippen LogP contribution is -2.31. The molecule has 1 heterocycles. The predicted octanol–water partition coefficient (Wildman–Crippen LogP) is 3.92. The quantitative estimate of drug-likeness (QED) is 0.737. The second-order valence-corrected chi connectivity index (χ2v) is 6.50. The molecule has 2 amide bonds. The van der Waals surface area contributed by atoms with Crippen LogP contribution in [0.1, 0.15) is 26.2 Å². The third-order valence-electron chi connectivity index (χ3n) is 4.36. The second kappa shape index (κ2) is 5.05. The molecule has 1 saturated heterocycles. The number of carbonyl (C=O) groups is 2. The first-order valence-corrected chi connectivity index (χ1v) is 7.58. The van der Waals surface area contributed by atoms with Gasteiger partial charge in [0.25, 0.3) is 0 Å². The van der Waals surface area contributed by atoms with E-state index in [0.717, 1.165) is 19.3 Å². The highest BCUT2D eigenvalue weighted by Gasteiger charge is 2.50. The summed E-state index contributed by atoms with van der Waals surface area (Å²) in [5, 5.41) is 0.621. The maximum atomic E-state index is 12.6. The molecule has 0 radical (unpaired) electrons. The van der Waals surface area contributed by atoms with E-state index >= 15 is 0 Å². The minimum atomic E-state index is -0.193. The molecule has 3 nitrogen and oxygen atoms in total. The summed E-state index contributed by atoms with van der Waals surface area (Å²) in [7, 11) is 0. The van der Waals surface area contributed by atoms with E-state index in [1.54, 1.807) is 18.2 Å². The molecule has 0 N–H and O–H groups in total. The van der Waals surface area contributed by atoms with Crippen molar-refractivity contribution in [3.63, 3.8) is 0 Å². The number of benzene rings is 1. The van der Waals surface area contributed by atoms with Crippen LogP contribution >= 0.6 is 23.2 Å². The fourth-order valence-corrected chi connectivity index (χ4v) is 3.67. The zero-order valence-electron chi connectivity index (χ0n) is 11.1. The summed E-state index contributed by atoms with van der Waals surface area (Å²) in [4.78, 5) is 26.3. The Morgan fingerprint density at radius 1 is 1.10 bits per heavy atom. The van der Waals surface area contributed by atoms with Gasteiger partial charge in [0.05, 0.1) is 27.6 Å². The lowest BCUT2D eigenvalue weighted by molar-refractivity contribution is -0.122. The van der Waals surface area contributed by atoms with Crippen LogP contribution in [-0.4, -0.2) is 11.8 Å². The van der Waals surface area contributed by atoms with Gasteiger partial charge in [0, 0.05) is 0 Å². The fraction of sp³-hybridized carbons (Fsp3) is 0.467. The van der Waals surface area contributed by atoms with Crippen molar-refractivity contribution in [2.24, 2.45) is 17.8 Å². The molecule has 1 aromatic rings. The molecular formula is C15H15Cl2NO2. The van der Waals surface area contributed by atoms with Crippen molar-refractivity contribution in [1.29, 1.82) is 0 Å². The highest BCUT2D eigenvalue weighted by atomic mass is 35.5. The largest absolute Gasteiger partial charge is 0.274 e. The van der Waals surface area contributed by atoms with Crippen molar-refractivity contribution in [1.82, 2.24) is 0 Å². The van der Waals surface area contributed by atoms with Gasteiger partial charge in [-0.3, -0.25) is 9.59 Å². The first kappa shape index (κ1) is 13.9. The van der Waals surface area contributed by atoms with Gasteiger partial charge in [-0.25, -0.2) is 4.90 Å². The summed E-state index contributed by atoms with van der Waals surface area (Å²) in [6, 6.07) is 5.02. The molecule has 1 saturated carbocycles. The molecule has 0 spiro atoms. The lowest BCUT2D eigenvalue weighted by atomic mass is 9.76. The van der Waals surface area contributed by atoms with Crippen molar-refractivity contribution in [3.05, 3.63) is 28.2 Å². The van der Waals surface area contributed by atoms with Gasteiger partial charge in [-0.05, 0) is 37.3 Å². The van der Waals surface area contributed by atoms with Crippen molar-refractivity contribution in [2.75, 3.05) is 4.90 Å². The number of nitrogens with zero attached hydrogens (tertiary/aromatic N) is 1. The van der Waals surface area contributed by atoms with Crippen LogP contribution in [0, 0.1) is 17.8 Å². The van der Waals surface area contributed by atoms with Gasteiger partial charge < -0.3 is 0 Å². The molecular weight excluding hydrogens is 297 g/mol. The Hall–Kier alpha value is -1.06. The van der Waals surface area contributed by atoms with Crippen LogP contribution in [0.25, 0.3) is 0 Å². The average molecular weight is 312 g/mol. The van der Waals surface area contributed by atoms with E-state index in [-0.39, 0.29) is 28.7 Å². The molecule has 1 aliphatic heterocycles. The number of anilines is 1. The Balaban J connectivity index is 2.00. The third-order valence-corrected chi connectivity index (χ3v) is 5.17. The Labute approximate surface area is 127 Å². The molecule has 2 fully saturated rings. The zero-order valence-corrected chi connectivity index (χ0v) is 12.6. The molecule has 0 aromatic heterocycles. The maximum Gasteiger partial charge on any atom is 0.237 e. The zero-order chi connectivity index (χ0) is 14.4. The summed E-state index contributed by atoms with van der Waals surface area (Å²) in [5.74, 6) is -0.149. The third kappa shape index (κ3) is 2.04. The number of amides is 2. The molecule has 5 heteroatoms. The molecule has 106 valence electrons. The maximum absolute atomic E-state index is 12.6. The number of rotatable bonds is 1. The molecule has 0 bridgehead atoms. The van der Waals surface area contributed by atoms with Crippen molar-refractivity contribution in [3.8, 4) is 0 Å². The highest BCUT2D eigenvalue weighted by molar-refractivity contribution is 6.44. The fourth-order valence-electron chi connectivity index (χ4n) is 3.29. The van der Waals surface area contributed by atoms with Crippen molar-refractivity contribution >= 4 is 40.7 Å². The Kier molecular flexibility index (Phi) is 3.51. The Morgan fingerprint density at radius 2 is 1.80 bits per heavy atom. The van der Waals surface area contributed by atoms with Gasteiger partial charge in [0.1, 0.15) is 0 Å². The number of hydrogen-bond acceptors (Lipinski definition) is 2. The SMILES string of the molecule is C[C@@H]1CC[C@@H]2C(=O)N(c3cccc(Cl)c3Cl)C(=O)[C@H]2C1. The average Bonchev–Trinajstić information content (AvgIpc) is 2.65. The molecule has 3 rings (SSSR count). The second-order valence-electron chi connectivity index (χ2n) is 5.72. The van der Waals surface area contributed by atoms with Gasteiger partial charge in [0.2, 0.25) is 11.8 Å². The Bertz CT molecular complexity index is 587. The molecule has 1 aromatic carbocycles. The van der Waals surface area contributed by atoms with Gasteiger partial charge >= 0.3 is 0 Å². The predicted molar refractivity (Wildman–Crippen MR) is 79.0 cm³/mol. The van der Waals surface area contributed by atoms with Crippen LogP contribution in [0.3, 0.4) is 0 Å². The lowest BCUT2D eigenvalue weighted by Gasteiger charge is -2.25. The van der Waals surface area contributed by atoms with Gasteiger partial charge in [-0.2, -0.15) is 0 Å². The summed E-state index contributed by atoms with van der Waals surface area (Å²) < 4.78 is 0. The Morgan fingerprint density at radius 3 is 2.55 bits per heavy atom. The number of fused-ring (bicyclic) bond motifs is 1. The molecule has 1 aliphatic carbocycles. The van der Waals surface area contributed by atoms with Crippen LogP contribution in [0.4, 0.5) is 5.69 Å². The standard InChI is InChI=1S/C15H15Cl2NO2/c1-8-5-6-9-10(7-8)15(20)18(14(9)19)12-4-2-3-11(16)13(12)17/h2-4,8-10H,5-7H2,1H3/t8-,9+,10+/m1/s1. The summed E-state index contributed by atoms with van der Waals surface area (Å²) >= 11 is 12.1. The topological polar surface area (TPSA) is 37.4 Å². The first-order chi connectivity index (χ1) is 9.50. The highest BCUT2D eigenvalue weighted by Crippen LogP contribution is 2.44. The van der Waals surface area contributed by atoms with E-state index in [0.29, 0.717) is 16.6 Å². The van der Waals surface area contributed by atoms with Crippen LogP contribution in [-0.2, 0) is 9.59 Å². The first-order valence-electron chi connectivity index (χ1n) is 6.82. The summed E-state index contributed by atoms with van der Waals surface area (Å²) in [6.07, 6.45) is 2.56. The van der Waals surface area contributed by atoms with Gasteiger partial charge in [-0.1, -0.05) is 36.2 Å². The van der Waals surface area contributed by atoms with Gasteiger partial charge in [-0.15, -0.1) is 0 Å². The van der Waals surface area contributed by atoms with E-state index < -0.39 is 0 Å². The number of imide groups is 1. The van der Waals surface area contributed by atoms with Crippen LogP contribution in [0.5, 0.6) is 0 Å². The summed E-state index contributed by atoms with van der Waals surface area (Å²) in [6.45, 7) is 2.13. The number of halogens is 2.